The second kappa shape index (κ2) is 4.98. The van der Waals surface area contributed by atoms with Crippen LogP contribution in [-0.4, -0.2) is 30.1 Å². The molecule has 1 N–H and O–H groups in total. The first-order chi connectivity index (χ1) is 7.74. The van der Waals surface area contributed by atoms with Crippen LogP contribution in [0.15, 0.2) is 30.3 Å². The van der Waals surface area contributed by atoms with E-state index in [4.69, 9.17) is 0 Å². The zero-order valence-electron chi connectivity index (χ0n) is 10.4. The van der Waals surface area contributed by atoms with Crippen LogP contribution in [0.1, 0.15) is 25.8 Å². The third-order valence-corrected chi connectivity index (χ3v) is 3.81. The molecule has 1 atom stereocenters. The molecule has 0 saturated carbocycles. The molecule has 1 aromatic rings. The summed E-state index contributed by atoms with van der Waals surface area (Å²) < 4.78 is 0. The summed E-state index contributed by atoms with van der Waals surface area (Å²) >= 11 is 0. The molecule has 2 rings (SSSR count). The molecule has 0 bridgehead atoms. The summed E-state index contributed by atoms with van der Waals surface area (Å²) in [7, 11) is 0. The number of hydrogen-bond donors (Lipinski definition) is 1. The molecule has 1 aromatic carbocycles. The normalized spacial score (nSPS) is 26.9. The van der Waals surface area contributed by atoms with Crippen molar-refractivity contribution in [3.05, 3.63) is 35.9 Å². The molecule has 16 heavy (non-hydrogen) atoms. The van der Waals surface area contributed by atoms with Crippen molar-refractivity contribution in [3.63, 3.8) is 0 Å². The molecule has 0 spiro atoms. The molecule has 1 fully saturated rings. The van der Waals surface area contributed by atoms with Gasteiger partial charge in [-0.05, 0) is 18.9 Å². The summed E-state index contributed by atoms with van der Waals surface area (Å²) in [6.07, 6.45) is 1.20. The van der Waals surface area contributed by atoms with Gasteiger partial charge < -0.3 is 5.32 Å². The second-order valence-electron chi connectivity index (χ2n) is 4.93. The largest absolute Gasteiger partial charge is 0.314 e. The zero-order chi connectivity index (χ0) is 11.4. The topological polar surface area (TPSA) is 15.3 Å². The first-order valence-electron chi connectivity index (χ1n) is 6.24. The lowest BCUT2D eigenvalue weighted by Gasteiger charge is -2.45. The monoisotopic (exact) mass is 218 g/mol. The Labute approximate surface area is 98.7 Å². The van der Waals surface area contributed by atoms with E-state index in [0.29, 0.717) is 5.54 Å². The Morgan fingerprint density at radius 3 is 2.75 bits per heavy atom. The predicted octanol–water partition coefficient (Wildman–Crippen LogP) is 2.26. The van der Waals surface area contributed by atoms with Crippen molar-refractivity contribution in [2.45, 2.75) is 32.4 Å². The first kappa shape index (κ1) is 11.6. The van der Waals surface area contributed by atoms with Crippen molar-refractivity contribution in [2.75, 3.05) is 19.6 Å². The van der Waals surface area contributed by atoms with Gasteiger partial charge in [-0.2, -0.15) is 0 Å². The Morgan fingerprint density at radius 1 is 1.31 bits per heavy atom. The molecular weight excluding hydrogens is 196 g/mol. The maximum atomic E-state index is 3.50. The fourth-order valence-corrected chi connectivity index (χ4v) is 2.38. The van der Waals surface area contributed by atoms with Gasteiger partial charge in [0.15, 0.2) is 0 Å². The van der Waals surface area contributed by atoms with Crippen LogP contribution in [0.3, 0.4) is 0 Å². The number of nitrogens with zero attached hydrogens (tertiary/aromatic N) is 1. The van der Waals surface area contributed by atoms with Gasteiger partial charge in [0.2, 0.25) is 0 Å². The van der Waals surface area contributed by atoms with E-state index in [0.717, 1.165) is 26.2 Å². The van der Waals surface area contributed by atoms with Crippen LogP contribution < -0.4 is 5.32 Å². The van der Waals surface area contributed by atoms with Crippen LogP contribution >= 0.6 is 0 Å². The molecule has 1 heterocycles. The fraction of sp³-hybridized carbons (Fsp3) is 0.571. The van der Waals surface area contributed by atoms with E-state index in [-0.39, 0.29) is 0 Å². The van der Waals surface area contributed by atoms with Crippen molar-refractivity contribution in [1.82, 2.24) is 10.2 Å². The van der Waals surface area contributed by atoms with Gasteiger partial charge in [0.05, 0.1) is 0 Å². The second-order valence-corrected chi connectivity index (χ2v) is 4.93. The van der Waals surface area contributed by atoms with Gasteiger partial charge in [-0.25, -0.2) is 0 Å². The third kappa shape index (κ3) is 2.45. The first-order valence-corrected chi connectivity index (χ1v) is 6.24. The fourth-order valence-electron chi connectivity index (χ4n) is 2.38. The van der Waals surface area contributed by atoms with E-state index < -0.39 is 0 Å². The van der Waals surface area contributed by atoms with Crippen LogP contribution in [0.2, 0.25) is 0 Å². The van der Waals surface area contributed by atoms with Crippen molar-refractivity contribution in [3.8, 4) is 0 Å². The quantitative estimate of drug-likeness (QED) is 0.837. The van der Waals surface area contributed by atoms with Gasteiger partial charge in [-0.1, -0.05) is 37.3 Å². The molecule has 2 heteroatoms. The molecule has 0 aliphatic carbocycles. The zero-order valence-corrected chi connectivity index (χ0v) is 10.4. The lowest BCUT2D eigenvalue weighted by atomic mass is 9.93. The maximum Gasteiger partial charge on any atom is 0.0307 e. The number of benzene rings is 1. The molecule has 88 valence electrons. The number of nitrogens with one attached hydrogen (secondary N) is 1. The smallest absolute Gasteiger partial charge is 0.0307 e. The van der Waals surface area contributed by atoms with Crippen molar-refractivity contribution < 1.29 is 0 Å². The summed E-state index contributed by atoms with van der Waals surface area (Å²) in [5.74, 6) is 0. The molecule has 0 amide bonds. The molecule has 1 unspecified atom stereocenters. The van der Waals surface area contributed by atoms with Gasteiger partial charge in [-0.3, -0.25) is 4.90 Å². The van der Waals surface area contributed by atoms with Gasteiger partial charge in [-0.15, -0.1) is 0 Å². The van der Waals surface area contributed by atoms with Crippen molar-refractivity contribution in [1.29, 1.82) is 0 Å². The minimum absolute atomic E-state index is 0.314. The van der Waals surface area contributed by atoms with E-state index in [1.807, 2.05) is 0 Å². The molecule has 1 saturated heterocycles. The highest BCUT2D eigenvalue weighted by atomic mass is 15.2. The molecule has 1 aliphatic rings. The Balaban J connectivity index is 2.07. The molecule has 2 nitrogen and oxygen atoms in total. The van der Waals surface area contributed by atoms with Gasteiger partial charge in [0.25, 0.3) is 0 Å². The van der Waals surface area contributed by atoms with Gasteiger partial charge in [0.1, 0.15) is 0 Å². The summed E-state index contributed by atoms with van der Waals surface area (Å²) in [5.41, 5.74) is 1.73. The Hall–Kier alpha value is -0.860. The Kier molecular flexibility index (Phi) is 3.62. The highest BCUT2D eigenvalue weighted by molar-refractivity contribution is 5.15. The average molecular weight is 218 g/mol. The van der Waals surface area contributed by atoms with Gasteiger partial charge >= 0.3 is 0 Å². The van der Waals surface area contributed by atoms with Crippen LogP contribution in [0.5, 0.6) is 0 Å². The standard InChI is InChI=1S/C14H22N2/c1-3-14(2)12-15-9-10-16(14)11-13-7-5-4-6-8-13/h4-8,15H,3,9-12H2,1-2H3. The predicted molar refractivity (Wildman–Crippen MR) is 68.4 cm³/mol. The van der Waals surface area contributed by atoms with E-state index in [1.54, 1.807) is 0 Å². The number of rotatable bonds is 3. The number of hydrogen-bond acceptors (Lipinski definition) is 2. The molecular formula is C14H22N2. The Bertz CT molecular complexity index is 323. The van der Waals surface area contributed by atoms with E-state index in [1.165, 1.54) is 12.0 Å². The van der Waals surface area contributed by atoms with Crippen LogP contribution in [-0.2, 0) is 6.54 Å². The minimum atomic E-state index is 0.314. The molecule has 0 aromatic heterocycles. The lowest BCUT2D eigenvalue weighted by Crippen LogP contribution is -2.58. The SMILES string of the molecule is CCC1(C)CNCCN1Cc1ccccc1. The minimum Gasteiger partial charge on any atom is -0.314 e. The highest BCUT2D eigenvalue weighted by Gasteiger charge is 2.32. The summed E-state index contributed by atoms with van der Waals surface area (Å²) in [5, 5.41) is 3.50. The average Bonchev–Trinajstić information content (AvgIpc) is 2.34. The summed E-state index contributed by atoms with van der Waals surface area (Å²) in [4.78, 5) is 2.61. The number of piperazine rings is 1. The molecule has 0 radical (unpaired) electrons. The van der Waals surface area contributed by atoms with E-state index in [2.05, 4.69) is 54.4 Å². The van der Waals surface area contributed by atoms with Gasteiger partial charge in [0, 0.05) is 31.7 Å². The van der Waals surface area contributed by atoms with Crippen LogP contribution in [0, 0.1) is 0 Å². The van der Waals surface area contributed by atoms with Crippen molar-refractivity contribution >= 4 is 0 Å². The summed E-state index contributed by atoms with van der Waals surface area (Å²) in [6, 6.07) is 10.8. The maximum absolute atomic E-state index is 3.50. The lowest BCUT2D eigenvalue weighted by molar-refractivity contribution is 0.0638. The van der Waals surface area contributed by atoms with Crippen LogP contribution in [0.25, 0.3) is 0 Å². The third-order valence-electron chi connectivity index (χ3n) is 3.81. The van der Waals surface area contributed by atoms with E-state index in [9.17, 15) is 0 Å². The van der Waals surface area contributed by atoms with E-state index >= 15 is 0 Å². The highest BCUT2D eigenvalue weighted by Crippen LogP contribution is 2.23. The van der Waals surface area contributed by atoms with Crippen LogP contribution in [0.4, 0.5) is 0 Å². The summed E-state index contributed by atoms with van der Waals surface area (Å²) in [6.45, 7) is 9.10. The Morgan fingerprint density at radius 2 is 2.06 bits per heavy atom. The van der Waals surface area contributed by atoms with Crippen molar-refractivity contribution in [2.24, 2.45) is 0 Å². The molecule has 1 aliphatic heterocycles.